The number of ether oxygens (including phenoxy) is 1. The van der Waals surface area contributed by atoms with Gasteiger partial charge in [-0.2, -0.15) is 0 Å². The van der Waals surface area contributed by atoms with Crippen molar-refractivity contribution in [1.29, 1.82) is 0 Å². The fourth-order valence-electron chi connectivity index (χ4n) is 2.36. The van der Waals surface area contributed by atoms with Crippen LogP contribution in [0, 0.1) is 6.92 Å². The third-order valence-electron chi connectivity index (χ3n) is 3.68. The van der Waals surface area contributed by atoms with Crippen molar-refractivity contribution in [2.24, 2.45) is 0 Å². The molecule has 3 rings (SSSR count). The van der Waals surface area contributed by atoms with E-state index < -0.39 is 12.1 Å². The lowest BCUT2D eigenvalue weighted by Gasteiger charge is -2.17. The summed E-state index contributed by atoms with van der Waals surface area (Å²) in [7, 11) is 0. The van der Waals surface area contributed by atoms with Gasteiger partial charge < -0.3 is 9.15 Å². The van der Waals surface area contributed by atoms with Crippen LogP contribution in [0.4, 0.5) is 0 Å². The molecule has 0 aliphatic carbocycles. The third kappa shape index (κ3) is 4.06. The molecular formula is C20H15BrO4. The molecule has 0 N–H and O–H groups in total. The summed E-state index contributed by atoms with van der Waals surface area (Å²) in [5.41, 5.74) is 2.13. The summed E-state index contributed by atoms with van der Waals surface area (Å²) in [6.07, 6.45) is -1.04. The number of ketones is 1. The molecular weight excluding hydrogens is 384 g/mol. The second-order valence-electron chi connectivity index (χ2n) is 5.53. The standard InChI is InChI=1S/C20H15BrO4/c1-13-7-9-14(10-8-13)18(22)19(15-5-3-2-4-6-15)25-20(23)16-11-12-17(21)24-16/h2-12,19H,1H3/t19-/m1/s1. The highest BCUT2D eigenvalue weighted by Crippen LogP contribution is 2.25. The molecule has 2 aromatic carbocycles. The molecule has 0 bridgehead atoms. The molecule has 1 atom stereocenters. The van der Waals surface area contributed by atoms with E-state index in [0.717, 1.165) is 5.56 Å². The van der Waals surface area contributed by atoms with Gasteiger partial charge in [0.25, 0.3) is 0 Å². The molecule has 0 radical (unpaired) electrons. The van der Waals surface area contributed by atoms with Crippen LogP contribution in [-0.4, -0.2) is 11.8 Å². The van der Waals surface area contributed by atoms with Crippen molar-refractivity contribution in [1.82, 2.24) is 0 Å². The number of benzene rings is 2. The zero-order chi connectivity index (χ0) is 17.8. The molecule has 0 saturated heterocycles. The summed E-state index contributed by atoms with van der Waals surface area (Å²) >= 11 is 3.14. The second-order valence-corrected chi connectivity index (χ2v) is 6.31. The first-order chi connectivity index (χ1) is 12.0. The highest BCUT2D eigenvalue weighted by atomic mass is 79.9. The summed E-state index contributed by atoms with van der Waals surface area (Å²) in [6, 6.07) is 19.2. The first-order valence-electron chi connectivity index (χ1n) is 7.67. The van der Waals surface area contributed by atoms with E-state index in [1.54, 1.807) is 42.5 Å². The van der Waals surface area contributed by atoms with Gasteiger partial charge in [0, 0.05) is 11.1 Å². The Balaban J connectivity index is 1.91. The fourth-order valence-corrected chi connectivity index (χ4v) is 2.67. The number of hydrogen-bond donors (Lipinski definition) is 0. The van der Waals surface area contributed by atoms with Crippen LogP contribution in [0.1, 0.15) is 38.1 Å². The molecule has 3 aromatic rings. The maximum Gasteiger partial charge on any atom is 0.375 e. The van der Waals surface area contributed by atoms with E-state index in [0.29, 0.717) is 15.8 Å². The first kappa shape index (κ1) is 17.2. The SMILES string of the molecule is Cc1ccc(C(=O)[C@H](OC(=O)c2ccc(Br)o2)c2ccccc2)cc1. The molecule has 25 heavy (non-hydrogen) atoms. The number of rotatable bonds is 5. The van der Waals surface area contributed by atoms with E-state index in [1.807, 2.05) is 25.1 Å². The van der Waals surface area contributed by atoms with Gasteiger partial charge in [0.2, 0.25) is 11.5 Å². The van der Waals surface area contributed by atoms with Crippen LogP contribution in [0.5, 0.6) is 0 Å². The van der Waals surface area contributed by atoms with E-state index in [2.05, 4.69) is 15.9 Å². The number of halogens is 1. The van der Waals surface area contributed by atoms with Gasteiger partial charge in [-0.3, -0.25) is 4.79 Å². The van der Waals surface area contributed by atoms with Crippen molar-refractivity contribution < 1.29 is 18.7 Å². The van der Waals surface area contributed by atoms with Crippen LogP contribution in [0.3, 0.4) is 0 Å². The van der Waals surface area contributed by atoms with Crippen molar-refractivity contribution in [2.75, 3.05) is 0 Å². The quantitative estimate of drug-likeness (QED) is 0.441. The molecule has 0 unspecified atom stereocenters. The van der Waals surface area contributed by atoms with Gasteiger partial charge in [-0.1, -0.05) is 60.2 Å². The zero-order valence-corrected chi connectivity index (χ0v) is 15.0. The molecule has 0 aliphatic rings. The van der Waals surface area contributed by atoms with E-state index >= 15 is 0 Å². The Morgan fingerprint density at radius 2 is 1.64 bits per heavy atom. The molecule has 4 nitrogen and oxygen atoms in total. The lowest BCUT2D eigenvalue weighted by molar-refractivity contribution is 0.0249. The Bertz CT molecular complexity index is 882. The molecule has 0 spiro atoms. The number of aryl methyl sites for hydroxylation is 1. The van der Waals surface area contributed by atoms with E-state index in [1.165, 1.54) is 6.07 Å². The lowest BCUT2D eigenvalue weighted by Crippen LogP contribution is -2.20. The monoisotopic (exact) mass is 398 g/mol. The largest absolute Gasteiger partial charge is 0.443 e. The van der Waals surface area contributed by atoms with Crippen LogP contribution in [0.15, 0.2) is 75.8 Å². The molecule has 0 fully saturated rings. The topological polar surface area (TPSA) is 56.5 Å². The predicted octanol–water partition coefficient (Wildman–Crippen LogP) is 5.13. The third-order valence-corrected chi connectivity index (χ3v) is 4.10. The van der Waals surface area contributed by atoms with Crippen LogP contribution >= 0.6 is 15.9 Å². The molecule has 1 heterocycles. The average Bonchev–Trinajstić information content (AvgIpc) is 3.07. The molecule has 1 aromatic heterocycles. The normalized spacial score (nSPS) is 11.8. The summed E-state index contributed by atoms with van der Waals surface area (Å²) < 4.78 is 11.1. The molecule has 126 valence electrons. The van der Waals surface area contributed by atoms with E-state index in [4.69, 9.17) is 9.15 Å². The fraction of sp³-hybridized carbons (Fsp3) is 0.100. The summed E-state index contributed by atoms with van der Waals surface area (Å²) in [6.45, 7) is 1.94. The van der Waals surface area contributed by atoms with E-state index in [-0.39, 0.29) is 11.5 Å². The highest BCUT2D eigenvalue weighted by molar-refractivity contribution is 9.10. The maximum absolute atomic E-state index is 12.9. The lowest BCUT2D eigenvalue weighted by atomic mass is 9.99. The Kier molecular flexibility index (Phi) is 5.14. The van der Waals surface area contributed by atoms with Crippen LogP contribution in [0.25, 0.3) is 0 Å². The molecule has 0 saturated carbocycles. The molecule has 0 aliphatic heterocycles. The second kappa shape index (κ2) is 7.49. The Labute approximate surface area is 153 Å². The van der Waals surface area contributed by atoms with Crippen molar-refractivity contribution in [3.05, 3.63) is 93.9 Å². The van der Waals surface area contributed by atoms with Crippen LogP contribution in [-0.2, 0) is 4.74 Å². The van der Waals surface area contributed by atoms with Crippen molar-refractivity contribution in [3.8, 4) is 0 Å². The van der Waals surface area contributed by atoms with Gasteiger partial charge in [-0.25, -0.2) is 4.79 Å². The zero-order valence-electron chi connectivity index (χ0n) is 13.4. The Hall–Kier alpha value is -2.66. The van der Waals surface area contributed by atoms with E-state index in [9.17, 15) is 9.59 Å². The Morgan fingerprint density at radius 3 is 2.24 bits per heavy atom. The van der Waals surface area contributed by atoms with Gasteiger partial charge in [0.1, 0.15) is 0 Å². The number of esters is 1. The van der Waals surface area contributed by atoms with Crippen molar-refractivity contribution in [3.63, 3.8) is 0 Å². The van der Waals surface area contributed by atoms with Crippen molar-refractivity contribution >= 4 is 27.7 Å². The number of Topliss-reactive ketones (excluding diaryl/α,β-unsaturated/α-hetero) is 1. The molecule has 0 amide bonds. The number of furan rings is 1. The van der Waals surface area contributed by atoms with Gasteiger partial charge in [0.05, 0.1) is 0 Å². The smallest absolute Gasteiger partial charge is 0.375 e. The minimum absolute atomic E-state index is 0.0320. The number of carbonyl (C=O) groups is 2. The average molecular weight is 399 g/mol. The number of hydrogen-bond acceptors (Lipinski definition) is 4. The van der Waals surface area contributed by atoms with Gasteiger partial charge in [-0.15, -0.1) is 0 Å². The minimum atomic E-state index is -1.04. The van der Waals surface area contributed by atoms with Crippen molar-refractivity contribution in [2.45, 2.75) is 13.0 Å². The predicted molar refractivity (Wildman–Crippen MR) is 96.5 cm³/mol. The first-order valence-corrected chi connectivity index (χ1v) is 8.46. The Morgan fingerprint density at radius 1 is 0.960 bits per heavy atom. The highest BCUT2D eigenvalue weighted by Gasteiger charge is 2.27. The summed E-state index contributed by atoms with van der Waals surface area (Å²) in [4.78, 5) is 25.3. The number of carbonyl (C=O) groups excluding carboxylic acids is 2. The van der Waals surface area contributed by atoms with Crippen LogP contribution < -0.4 is 0 Å². The van der Waals surface area contributed by atoms with Crippen LogP contribution in [0.2, 0.25) is 0 Å². The van der Waals surface area contributed by atoms with Gasteiger partial charge in [-0.05, 0) is 35.0 Å². The summed E-state index contributed by atoms with van der Waals surface area (Å²) in [5, 5.41) is 0. The van der Waals surface area contributed by atoms with Gasteiger partial charge >= 0.3 is 5.97 Å². The molecule has 5 heteroatoms. The van der Waals surface area contributed by atoms with Gasteiger partial charge in [0.15, 0.2) is 10.8 Å². The minimum Gasteiger partial charge on any atom is -0.443 e. The maximum atomic E-state index is 12.9. The summed E-state index contributed by atoms with van der Waals surface area (Å²) in [5.74, 6) is -0.949.